The molecular formula is C25H34O4. The van der Waals surface area contributed by atoms with E-state index in [4.69, 9.17) is 5.11 Å². The topological polar surface area (TPSA) is 74.6 Å². The first-order chi connectivity index (χ1) is 13.5. The third kappa shape index (κ3) is 5.66. The van der Waals surface area contributed by atoms with Gasteiger partial charge in [-0.05, 0) is 46.5 Å². The molecule has 0 unspecified atom stereocenters. The Morgan fingerprint density at radius 2 is 1.90 bits per heavy atom. The van der Waals surface area contributed by atoms with Crippen molar-refractivity contribution in [3.8, 4) is 0 Å². The molecule has 0 amide bonds. The maximum Gasteiger partial charge on any atom is 0.328 e. The number of rotatable bonds is 6. The number of fused-ring (bicyclic) bond motifs is 1. The molecule has 2 rings (SSSR count). The van der Waals surface area contributed by atoms with Gasteiger partial charge in [-0.2, -0.15) is 0 Å². The van der Waals surface area contributed by atoms with Crippen molar-refractivity contribution >= 4 is 11.8 Å². The van der Waals surface area contributed by atoms with Crippen molar-refractivity contribution in [1.29, 1.82) is 0 Å². The minimum Gasteiger partial charge on any atom is -0.478 e. The van der Waals surface area contributed by atoms with E-state index in [2.05, 4.69) is 19.1 Å². The van der Waals surface area contributed by atoms with E-state index in [-0.39, 0.29) is 23.7 Å². The normalized spacial score (nSPS) is 29.8. The van der Waals surface area contributed by atoms with Crippen molar-refractivity contribution in [2.24, 2.45) is 23.7 Å². The third-order valence-electron chi connectivity index (χ3n) is 6.04. The summed E-state index contributed by atoms with van der Waals surface area (Å²) in [6.45, 7) is 11.8. The number of carbonyl (C=O) groups is 2. The second kappa shape index (κ2) is 9.53. The first kappa shape index (κ1) is 23.1. The number of hydrogen-bond acceptors (Lipinski definition) is 3. The molecule has 2 aliphatic rings. The number of aliphatic hydroxyl groups excluding tert-OH is 1. The second-order valence-corrected chi connectivity index (χ2v) is 8.80. The molecule has 0 aromatic carbocycles. The predicted octanol–water partition coefficient (Wildman–Crippen LogP) is 5.02. The van der Waals surface area contributed by atoms with Crippen LogP contribution in [0.15, 0.2) is 58.2 Å². The average Bonchev–Trinajstić information content (AvgIpc) is 2.60. The van der Waals surface area contributed by atoms with E-state index in [1.54, 1.807) is 13.0 Å². The van der Waals surface area contributed by atoms with Crippen molar-refractivity contribution in [3.05, 3.63) is 58.2 Å². The van der Waals surface area contributed by atoms with Crippen LogP contribution in [-0.2, 0) is 9.59 Å². The van der Waals surface area contributed by atoms with Crippen LogP contribution in [0.4, 0.5) is 0 Å². The monoisotopic (exact) mass is 398 g/mol. The van der Waals surface area contributed by atoms with Gasteiger partial charge in [0.25, 0.3) is 0 Å². The zero-order chi connectivity index (χ0) is 21.9. The molecule has 0 bridgehead atoms. The highest BCUT2D eigenvalue weighted by atomic mass is 16.4. The highest BCUT2D eigenvalue weighted by molar-refractivity contribution is 5.85. The summed E-state index contributed by atoms with van der Waals surface area (Å²) in [5, 5.41) is 18.9. The molecule has 0 aliphatic heterocycles. The lowest BCUT2D eigenvalue weighted by Gasteiger charge is -2.42. The van der Waals surface area contributed by atoms with Crippen molar-refractivity contribution in [2.45, 2.75) is 60.5 Å². The highest BCUT2D eigenvalue weighted by Crippen LogP contribution is 2.48. The first-order valence-corrected chi connectivity index (χ1v) is 10.4. The van der Waals surface area contributed by atoms with Gasteiger partial charge in [-0.1, -0.05) is 66.0 Å². The van der Waals surface area contributed by atoms with E-state index in [9.17, 15) is 14.7 Å². The van der Waals surface area contributed by atoms with E-state index < -0.39 is 12.1 Å². The fraction of sp³-hybridized carbons (Fsp3) is 0.520. The standard InChI is InChI=1S/C25H34O4/c1-14(7-8-23(27)28)9-15(2)10-22-21(13-18(5)26)16(3)11-20-12-17(4)25(29)19(6)24(20)22/h7-11,17-19,22,24,26H,12-13H2,1-6H3,(H,27,28)/b8-7+,14-9+,15-10+/t17-,18+,19+,22+,24+/m1/s1. The van der Waals surface area contributed by atoms with Gasteiger partial charge in [0.1, 0.15) is 5.78 Å². The Morgan fingerprint density at radius 3 is 2.48 bits per heavy atom. The molecule has 158 valence electrons. The van der Waals surface area contributed by atoms with Gasteiger partial charge < -0.3 is 10.2 Å². The molecule has 0 aromatic rings. The Balaban J connectivity index is 2.48. The fourth-order valence-corrected chi connectivity index (χ4v) is 4.85. The van der Waals surface area contributed by atoms with Crippen molar-refractivity contribution in [1.82, 2.24) is 0 Å². The maximum atomic E-state index is 12.8. The first-order valence-electron chi connectivity index (χ1n) is 10.4. The summed E-state index contributed by atoms with van der Waals surface area (Å²) < 4.78 is 0. The Labute approximate surface area is 174 Å². The molecular weight excluding hydrogens is 364 g/mol. The number of carbonyl (C=O) groups excluding carboxylic acids is 1. The maximum absolute atomic E-state index is 12.8. The summed E-state index contributed by atoms with van der Waals surface area (Å²) in [6.07, 6.45) is 10.0. The quantitative estimate of drug-likeness (QED) is 0.486. The summed E-state index contributed by atoms with van der Waals surface area (Å²) in [5.41, 5.74) is 5.59. The minimum absolute atomic E-state index is 0.0487. The molecule has 1 fully saturated rings. The van der Waals surface area contributed by atoms with E-state index >= 15 is 0 Å². The molecule has 0 aromatic heterocycles. The summed E-state index contributed by atoms with van der Waals surface area (Å²) in [7, 11) is 0. The summed E-state index contributed by atoms with van der Waals surface area (Å²) >= 11 is 0. The number of Topliss-reactive ketones (excluding diaryl/α,β-unsaturated/α-hetero) is 1. The minimum atomic E-state index is -0.970. The van der Waals surface area contributed by atoms with Crippen LogP contribution in [0.25, 0.3) is 0 Å². The molecule has 4 heteroatoms. The number of carboxylic acid groups (broad SMARTS) is 1. The number of carboxylic acids is 1. The van der Waals surface area contributed by atoms with Crippen LogP contribution in [-0.4, -0.2) is 28.1 Å². The van der Waals surface area contributed by atoms with Crippen LogP contribution >= 0.6 is 0 Å². The predicted molar refractivity (Wildman–Crippen MR) is 116 cm³/mol. The van der Waals surface area contributed by atoms with Crippen molar-refractivity contribution in [2.75, 3.05) is 0 Å². The zero-order valence-electron chi connectivity index (χ0n) is 18.4. The van der Waals surface area contributed by atoms with Crippen molar-refractivity contribution < 1.29 is 19.8 Å². The number of hydrogen-bond donors (Lipinski definition) is 2. The van der Waals surface area contributed by atoms with Crippen LogP contribution < -0.4 is 0 Å². The smallest absolute Gasteiger partial charge is 0.328 e. The van der Waals surface area contributed by atoms with Gasteiger partial charge in [0, 0.05) is 23.8 Å². The molecule has 2 N–H and O–H groups in total. The van der Waals surface area contributed by atoms with Gasteiger partial charge in [0.2, 0.25) is 0 Å². The Morgan fingerprint density at radius 1 is 1.24 bits per heavy atom. The Kier molecular flexibility index (Phi) is 7.59. The molecule has 4 nitrogen and oxygen atoms in total. The lowest BCUT2D eigenvalue weighted by atomic mass is 9.61. The lowest BCUT2D eigenvalue weighted by molar-refractivity contribution is -0.131. The van der Waals surface area contributed by atoms with E-state index in [1.807, 2.05) is 33.8 Å². The van der Waals surface area contributed by atoms with E-state index in [0.29, 0.717) is 12.2 Å². The zero-order valence-corrected chi connectivity index (χ0v) is 18.4. The van der Waals surface area contributed by atoms with E-state index in [1.165, 1.54) is 16.7 Å². The molecule has 0 heterocycles. The largest absolute Gasteiger partial charge is 0.478 e. The van der Waals surface area contributed by atoms with Crippen LogP contribution in [0.3, 0.4) is 0 Å². The Hall–Kier alpha value is -2.20. The molecule has 0 radical (unpaired) electrons. The lowest BCUT2D eigenvalue weighted by Crippen LogP contribution is -2.39. The summed E-state index contributed by atoms with van der Waals surface area (Å²) in [5.74, 6) is -0.489. The van der Waals surface area contributed by atoms with Crippen LogP contribution in [0.2, 0.25) is 0 Å². The van der Waals surface area contributed by atoms with Crippen LogP contribution in [0, 0.1) is 23.7 Å². The molecule has 2 aliphatic carbocycles. The average molecular weight is 399 g/mol. The highest BCUT2D eigenvalue weighted by Gasteiger charge is 2.42. The summed E-state index contributed by atoms with van der Waals surface area (Å²) in [4.78, 5) is 23.5. The van der Waals surface area contributed by atoms with Gasteiger partial charge >= 0.3 is 5.97 Å². The van der Waals surface area contributed by atoms with Crippen LogP contribution in [0.5, 0.6) is 0 Å². The summed E-state index contributed by atoms with van der Waals surface area (Å²) in [6, 6.07) is 0. The molecule has 0 saturated heterocycles. The van der Waals surface area contributed by atoms with Gasteiger partial charge in [-0.3, -0.25) is 4.79 Å². The van der Waals surface area contributed by atoms with E-state index in [0.717, 1.165) is 23.6 Å². The Bertz CT molecular complexity index is 820. The third-order valence-corrected chi connectivity index (χ3v) is 6.04. The molecule has 5 atom stereocenters. The van der Waals surface area contributed by atoms with Gasteiger partial charge in [-0.25, -0.2) is 4.79 Å². The number of ketones is 1. The number of allylic oxidation sites excluding steroid dienone is 8. The van der Waals surface area contributed by atoms with Gasteiger partial charge in [-0.15, -0.1) is 0 Å². The SMILES string of the molecule is CC1=C(C[C@H](C)O)[C@H](/C=C(C)/C=C(C)/C=C/C(=O)O)[C@@H]2C(=C1)C[C@@H](C)C(=O)[C@H]2C. The van der Waals surface area contributed by atoms with Gasteiger partial charge in [0.15, 0.2) is 0 Å². The molecule has 0 spiro atoms. The van der Waals surface area contributed by atoms with Gasteiger partial charge in [0.05, 0.1) is 6.10 Å². The number of aliphatic hydroxyl groups is 1. The number of aliphatic carboxylic acids is 1. The fourth-order valence-electron chi connectivity index (χ4n) is 4.85. The van der Waals surface area contributed by atoms with Crippen LogP contribution in [0.1, 0.15) is 54.4 Å². The van der Waals surface area contributed by atoms with Crippen molar-refractivity contribution in [3.63, 3.8) is 0 Å². The molecule has 29 heavy (non-hydrogen) atoms. The molecule has 1 saturated carbocycles. The second-order valence-electron chi connectivity index (χ2n) is 8.80.